The molecule has 3 heterocycles. The Balaban J connectivity index is 1.54. The summed E-state index contributed by atoms with van der Waals surface area (Å²) in [6.45, 7) is 2.53. The molecular weight excluding hydrogens is 306 g/mol. The van der Waals surface area contributed by atoms with E-state index in [-0.39, 0.29) is 12.1 Å². The van der Waals surface area contributed by atoms with E-state index in [0.717, 1.165) is 37.1 Å². The van der Waals surface area contributed by atoms with Crippen molar-refractivity contribution in [3.8, 4) is 0 Å². The summed E-state index contributed by atoms with van der Waals surface area (Å²) in [7, 11) is 0. The lowest BCUT2D eigenvalue weighted by molar-refractivity contribution is 0.160. The van der Waals surface area contributed by atoms with Crippen molar-refractivity contribution in [2.45, 2.75) is 32.2 Å². The van der Waals surface area contributed by atoms with Gasteiger partial charge in [-0.1, -0.05) is 0 Å². The van der Waals surface area contributed by atoms with Gasteiger partial charge in [-0.3, -0.25) is 0 Å². The molecular formula is C17H19N5O2. The number of aryl methyl sites for hydroxylation is 1. The van der Waals surface area contributed by atoms with Crippen LogP contribution in [0.15, 0.2) is 35.0 Å². The number of carbonyl (C=O) groups excluding carboxylic acids is 1. The van der Waals surface area contributed by atoms with Gasteiger partial charge >= 0.3 is 6.03 Å². The van der Waals surface area contributed by atoms with Crippen LogP contribution in [-0.4, -0.2) is 32.4 Å². The number of aromatic nitrogens is 3. The first-order valence-corrected chi connectivity index (χ1v) is 8.15. The van der Waals surface area contributed by atoms with Gasteiger partial charge in [0.2, 0.25) is 0 Å². The zero-order valence-electron chi connectivity index (χ0n) is 13.5. The van der Waals surface area contributed by atoms with Crippen molar-refractivity contribution in [2.24, 2.45) is 0 Å². The third-order valence-electron chi connectivity index (χ3n) is 4.35. The van der Waals surface area contributed by atoms with Crippen molar-refractivity contribution < 1.29 is 9.21 Å². The Labute approximate surface area is 139 Å². The Morgan fingerprint density at radius 3 is 3.17 bits per heavy atom. The minimum Gasteiger partial charge on any atom is -0.441 e. The average Bonchev–Trinajstić information content (AvgIpc) is 3.23. The highest BCUT2D eigenvalue weighted by molar-refractivity contribution is 5.91. The molecule has 7 heteroatoms. The number of hydrogen-bond acceptors (Lipinski definition) is 4. The number of piperidine rings is 1. The van der Waals surface area contributed by atoms with Crippen LogP contribution in [-0.2, 0) is 0 Å². The Morgan fingerprint density at radius 2 is 2.33 bits per heavy atom. The summed E-state index contributed by atoms with van der Waals surface area (Å²) in [6.07, 6.45) is 6.53. The SMILES string of the molecule is Cc1nc2ccc(NC(=O)N3CCCC[C@@H]3c3ncc[nH]3)cc2o1. The number of imidazole rings is 1. The highest BCUT2D eigenvalue weighted by Gasteiger charge is 2.29. The molecule has 0 aliphatic carbocycles. The van der Waals surface area contributed by atoms with Crippen molar-refractivity contribution in [1.82, 2.24) is 19.9 Å². The number of amides is 2. The molecule has 2 aromatic heterocycles. The van der Waals surface area contributed by atoms with Gasteiger partial charge in [-0.2, -0.15) is 0 Å². The van der Waals surface area contributed by atoms with Crippen LogP contribution in [0.5, 0.6) is 0 Å². The van der Waals surface area contributed by atoms with E-state index in [4.69, 9.17) is 4.42 Å². The number of rotatable bonds is 2. The number of urea groups is 1. The summed E-state index contributed by atoms with van der Waals surface area (Å²) in [4.78, 5) is 26.3. The third-order valence-corrected chi connectivity index (χ3v) is 4.35. The first-order valence-electron chi connectivity index (χ1n) is 8.15. The molecule has 1 fully saturated rings. The molecule has 1 aromatic carbocycles. The number of likely N-dealkylation sites (tertiary alicyclic amines) is 1. The number of hydrogen-bond donors (Lipinski definition) is 2. The van der Waals surface area contributed by atoms with E-state index in [0.29, 0.717) is 17.2 Å². The number of fused-ring (bicyclic) bond motifs is 1. The van der Waals surface area contributed by atoms with Gasteiger partial charge in [-0.05, 0) is 31.4 Å². The van der Waals surface area contributed by atoms with Crippen molar-refractivity contribution in [2.75, 3.05) is 11.9 Å². The van der Waals surface area contributed by atoms with Gasteiger partial charge in [-0.15, -0.1) is 0 Å². The average molecular weight is 325 g/mol. The van der Waals surface area contributed by atoms with E-state index >= 15 is 0 Å². The van der Waals surface area contributed by atoms with Gasteiger partial charge in [0.15, 0.2) is 11.5 Å². The predicted octanol–water partition coefficient (Wildman–Crippen LogP) is 3.62. The van der Waals surface area contributed by atoms with Crippen molar-refractivity contribution >= 4 is 22.8 Å². The van der Waals surface area contributed by atoms with E-state index in [1.54, 1.807) is 25.4 Å². The molecule has 2 amide bonds. The maximum atomic E-state index is 12.7. The zero-order chi connectivity index (χ0) is 16.5. The van der Waals surface area contributed by atoms with Gasteiger partial charge in [0.05, 0.1) is 6.04 Å². The second-order valence-corrected chi connectivity index (χ2v) is 6.02. The summed E-state index contributed by atoms with van der Waals surface area (Å²) in [5.74, 6) is 1.45. The van der Waals surface area contributed by atoms with Gasteiger partial charge in [-0.25, -0.2) is 14.8 Å². The molecule has 0 bridgehead atoms. The molecule has 2 N–H and O–H groups in total. The van der Waals surface area contributed by atoms with Crippen molar-refractivity contribution in [3.63, 3.8) is 0 Å². The van der Waals surface area contributed by atoms with E-state index in [1.165, 1.54) is 0 Å². The van der Waals surface area contributed by atoms with Crippen LogP contribution < -0.4 is 5.32 Å². The molecule has 1 aliphatic heterocycles. The highest BCUT2D eigenvalue weighted by atomic mass is 16.3. The van der Waals surface area contributed by atoms with Gasteiger partial charge < -0.3 is 19.6 Å². The fourth-order valence-corrected chi connectivity index (χ4v) is 3.23. The third kappa shape index (κ3) is 2.73. The summed E-state index contributed by atoms with van der Waals surface area (Å²) in [5.41, 5.74) is 2.16. The molecule has 0 spiro atoms. The van der Waals surface area contributed by atoms with Crippen molar-refractivity contribution in [1.29, 1.82) is 0 Å². The Morgan fingerprint density at radius 1 is 1.42 bits per heavy atom. The maximum Gasteiger partial charge on any atom is 0.322 e. The first-order chi connectivity index (χ1) is 11.7. The quantitative estimate of drug-likeness (QED) is 0.753. The minimum absolute atomic E-state index is 0.00925. The van der Waals surface area contributed by atoms with E-state index in [2.05, 4.69) is 20.3 Å². The lowest BCUT2D eigenvalue weighted by Gasteiger charge is -2.34. The molecule has 24 heavy (non-hydrogen) atoms. The molecule has 0 saturated carbocycles. The molecule has 4 rings (SSSR count). The Kier molecular flexibility index (Phi) is 3.68. The normalized spacial score (nSPS) is 18.0. The molecule has 124 valence electrons. The second-order valence-electron chi connectivity index (χ2n) is 6.02. The topological polar surface area (TPSA) is 87.0 Å². The number of benzene rings is 1. The zero-order valence-corrected chi connectivity index (χ0v) is 13.5. The standard InChI is InChI=1S/C17H19N5O2/c1-11-20-13-6-5-12(10-15(13)24-11)21-17(23)22-9-3-2-4-14(22)16-18-7-8-19-16/h5-8,10,14H,2-4,9H2,1H3,(H,18,19)(H,21,23)/t14-/m1/s1. The highest BCUT2D eigenvalue weighted by Crippen LogP contribution is 2.29. The second kappa shape index (κ2) is 5.99. The first kappa shape index (κ1) is 14.7. The van der Waals surface area contributed by atoms with Crippen molar-refractivity contribution in [3.05, 3.63) is 42.3 Å². The lowest BCUT2D eigenvalue weighted by atomic mass is 10.0. The summed E-state index contributed by atoms with van der Waals surface area (Å²) in [5, 5.41) is 2.96. The fraction of sp³-hybridized carbons (Fsp3) is 0.353. The van der Waals surface area contributed by atoms with E-state index < -0.39 is 0 Å². The number of carbonyl (C=O) groups is 1. The van der Waals surface area contributed by atoms with Crippen LogP contribution in [0, 0.1) is 6.92 Å². The molecule has 1 saturated heterocycles. The van der Waals surface area contributed by atoms with Gasteiger partial charge in [0.1, 0.15) is 11.3 Å². The summed E-state index contributed by atoms with van der Waals surface area (Å²) >= 11 is 0. The number of nitrogens with zero attached hydrogens (tertiary/aromatic N) is 3. The summed E-state index contributed by atoms with van der Waals surface area (Å²) in [6, 6.07) is 5.37. The lowest BCUT2D eigenvalue weighted by Crippen LogP contribution is -2.41. The number of aromatic amines is 1. The fourth-order valence-electron chi connectivity index (χ4n) is 3.23. The van der Waals surface area contributed by atoms with Crippen LogP contribution in [0.2, 0.25) is 0 Å². The van der Waals surface area contributed by atoms with Crippen LogP contribution in [0.3, 0.4) is 0 Å². The Bertz CT molecular complexity index is 855. The predicted molar refractivity (Wildman–Crippen MR) is 89.7 cm³/mol. The molecule has 0 radical (unpaired) electrons. The minimum atomic E-state index is -0.119. The number of oxazole rings is 1. The molecule has 7 nitrogen and oxygen atoms in total. The summed E-state index contributed by atoms with van der Waals surface area (Å²) < 4.78 is 5.52. The molecule has 0 unspecified atom stereocenters. The number of anilines is 1. The molecule has 1 aliphatic rings. The Hall–Kier alpha value is -2.83. The number of nitrogens with one attached hydrogen (secondary N) is 2. The van der Waals surface area contributed by atoms with E-state index in [1.807, 2.05) is 17.0 Å². The monoisotopic (exact) mass is 325 g/mol. The van der Waals surface area contributed by atoms with Crippen LogP contribution >= 0.6 is 0 Å². The van der Waals surface area contributed by atoms with Crippen LogP contribution in [0.4, 0.5) is 10.5 Å². The van der Waals surface area contributed by atoms with E-state index in [9.17, 15) is 4.79 Å². The smallest absolute Gasteiger partial charge is 0.322 e. The van der Waals surface area contributed by atoms with Gasteiger partial charge in [0.25, 0.3) is 0 Å². The largest absolute Gasteiger partial charge is 0.441 e. The van der Waals surface area contributed by atoms with Crippen LogP contribution in [0.1, 0.15) is 37.0 Å². The number of H-pyrrole nitrogens is 1. The van der Waals surface area contributed by atoms with Crippen LogP contribution in [0.25, 0.3) is 11.1 Å². The molecule has 1 atom stereocenters. The molecule has 3 aromatic rings. The maximum absolute atomic E-state index is 12.7. The van der Waals surface area contributed by atoms with Gasteiger partial charge in [0, 0.05) is 37.6 Å².